The molecule has 3 nitrogen and oxygen atoms in total. The highest BCUT2D eigenvalue weighted by Crippen LogP contribution is 2.12. The molecule has 18 heavy (non-hydrogen) atoms. The summed E-state index contributed by atoms with van der Waals surface area (Å²) in [5, 5.41) is 0. The fourth-order valence-electron chi connectivity index (χ4n) is 2.10. The number of aldehydes is 1. The van der Waals surface area contributed by atoms with E-state index in [1.54, 1.807) is 0 Å². The van der Waals surface area contributed by atoms with Crippen LogP contribution in [0.5, 0.6) is 0 Å². The van der Waals surface area contributed by atoms with Crippen molar-refractivity contribution < 1.29 is 4.79 Å². The van der Waals surface area contributed by atoms with Gasteiger partial charge in [0.15, 0.2) is 0 Å². The fraction of sp³-hybridized carbons (Fsp3) is 0.533. The average Bonchev–Trinajstić information content (AvgIpc) is 2.64. The van der Waals surface area contributed by atoms with Crippen molar-refractivity contribution in [1.82, 2.24) is 4.90 Å². The summed E-state index contributed by atoms with van der Waals surface area (Å²) in [5.41, 5.74) is 6.54. The smallest absolute Gasteiger partial charge is 0.124 e. The van der Waals surface area contributed by atoms with E-state index in [9.17, 15) is 4.79 Å². The molecule has 2 rings (SSSR count). The standard InChI is InChI=1S/C8H15NO.C7H9N/c1-9-5-3-2-4-8(6-9)7-10;8-6-7-4-2-1-3-5-7/h7-8H,2-6H2,1H3;1-5H,6,8H2/t8-;/m0./s1. The molecular formula is C15H24N2O. The van der Waals surface area contributed by atoms with Crippen LogP contribution in [0.25, 0.3) is 0 Å². The molecule has 1 aliphatic rings. The Kier molecular flexibility index (Phi) is 7.30. The molecule has 1 fully saturated rings. The van der Waals surface area contributed by atoms with Crippen molar-refractivity contribution in [3.63, 3.8) is 0 Å². The number of rotatable bonds is 2. The minimum Gasteiger partial charge on any atom is -0.326 e. The number of carbonyl (C=O) groups excluding carboxylic acids is 1. The predicted molar refractivity (Wildman–Crippen MR) is 75.2 cm³/mol. The van der Waals surface area contributed by atoms with Gasteiger partial charge in [0.05, 0.1) is 0 Å². The van der Waals surface area contributed by atoms with E-state index in [2.05, 4.69) is 11.9 Å². The summed E-state index contributed by atoms with van der Waals surface area (Å²) in [6, 6.07) is 9.99. The average molecular weight is 248 g/mol. The van der Waals surface area contributed by atoms with Gasteiger partial charge in [0.2, 0.25) is 0 Å². The summed E-state index contributed by atoms with van der Waals surface area (Å²) in [7, 11) is 2.09. The summed E-state index contributed by atoms with van der Waals surface area (Å²) >= 11 is 0. The van der Waals surface area contributed by atoms with Gasteiger partial charge >= 0.3 is 0 Å². The molecule has 0 saturated carbocycles. The van der Waals surface area contributed by atoms with Gasteiger partial charge in [0.25, 0.3) is 0 Å². The number of hydrogen-bond acceptors (Lipinski definition) is 3. The van der Waals surface area contributed by atoms with Crippen LogP contribution in [0.4, 0.5) is 0 Å². The monoisotopic (exact) mass is 248 g/mol. The maximum atomic E-state index is 10.4. The predicted octanol–water partition coefficient (Wildman–Crippen LogP) is 2.06. The number of nitrogens with zero attached hydrogens (tertiary/aromatic N) is 1. The van der Waals surface area contributed by atoms with Gasteiger partial charge < -0.3 is 15.4 Å². The van der Waals surface area contributed by atoms with E-state index in [0.29, 0.717) is 12.5 Å². The Bertz CT molecular complexity index is 327. The lowest BCUT2D eigenvalue weighted by molar-refractivity contribution is -0.111. The van der Waals surface area contributed by atoms with Gasteiger partial charge in [0.1, 0.15) is 6.29 Å². The SMILES string of the molecule is CN1CCCC[C@H](C=O)C1.NCc1ccccc1. The van der Waals surface area contributed by atoms with Gasteiger partial charge in [-0.05, 0) is 32.0 Å². The Morgan fingerprint density at radius 3 is 2.61 bits per heavy atom. The van der Waals surface area contributed by atoms with Crippen molar-refractivity contribution in [3.8, 4) is 0 Å². The molecule has 2 N–H and O–H groups in total. The van der Waals surface area contributed by atoms with E-state index in [0.717, 1.165) is 25.8 Å². The van der Waals surface area contributed by atoms with E-state index in [1.807, 2.05) is 30.3 Å². The molecule has 1 aromatic rings. The van der Waals surface area contributed by atoms with Crippen molar-refractivity contribution in [2.45, 2.75) is 25.8 Å². The van der Waals surface area contributed by atoms with Gasteiger partial charge in [0, 0.05) is 19.0 Å². The Morgan fingerprint density at radius 1 is 1.33 bits per heavy atom. The van der Waals surface area contributed by atoms with Gasteiger partial charge in [-0.25, -0.2) is 0 Å². The largest absolute Gasteiger partial charge is 0.326 e. The summed E-state index contributed by atoms with van der Waals surface area (Å²) in [5.74, 6) is 0.299. The van der Waals surface area contributed by atoms with Crippen molar-refractivity contribution in [3.05, 3.63) is 35.9 Å². The zero-order chi connectivity index (χ0) is 13.2. The highest BCUT2D eigenvalue weighted by Gasteiger charge is 2.13. The maximum Gasteiger partial charge on any atom is 0.124 e. The molecular weight excluding hydrogens is 224 g/mol. The quantitative estimate of drug-likeness (QED) is 0.815. The highest BCUT2D eigenvalue weighted by atomic mass is 16.1. The topological polar surface area (TPSA) is 46.3 Å². The summed E-state index contributed by atoms with van der Waals surface area (Å²) in [4.78, 5) is 12.7. The Hall–Kier alpha value is -1.19. The van der Waals surface area contributed by atoms with Crippen LogP contribution in [0, 0.1) is 5.92 Å². The lowest BCUT2D eigenvalue weighted by atomic mass is 10.1. The first-order valence-electron chi connectivity index (χ1n) is 6.64. The molecule has 1 aromatic carbocycles. The first-order chi connectivity index (χ1) is 8.76. The second-order valence-corrected chi connectivity index (χ2v) is 4.84. The zero-order valence-corrected chi connectivity index (χ0v) is 11.2. The molecule has 1 aliphatic heterocycles. The number of nitrogens with two attached hydrogens (primary N) is 1. The molecule has 1 atom stereocenters. The Balaban J connectivity index is 0.000000184. The van der Waals surface area contributed by atoms with Crippen LogP contribution in [-0.2, 0) is 11.3 Å². The molecule has 0 radical (unpaired) electrons. The molecule has 0 spiro atoms. The lowest BCUT2D eigenvalue weighted by Gasteiger charge is -2.14. The van der Waals surface area contributed by atoms with Crippen molar-refractivity contribution in [1.29, 1.82) is 0 Å². The van der Waals surface area contributed by atoms with Crippen LogP contribution >= 0.6 is 0 Å². The van der Waals surface area contributed by atoms with Gasteiger partial charge in [-0.15, -0.1) is 0 Å². The van der Waals surface area contributed by atoms with E-state index >= 15 is 0 Å². The first-order valence-corrected chi connectivity index (χ1v) is 6.64. The number of benzene rings is 1. The molecule has 1 heterocycles. The van der Waals surface area contributed by atoms with Gasteiger partial charge in [-0.3, -0.25) is 0 Å². The molecule has 0 aliphatic carbocycles. The van der Waals surface area contributed by atoms with Crippen molar-refractivity contribution in [2.75, 3.05) is 20.1 Å². The van der Waals surface area contributed by atoms with Crippen LogP contribution < -0.4 is 5.73 Å². The second-order valence-electron chi connectivity index (χ2n) is 4.84. The highest BCUT2D eigenvalue weighted by molar-refractivity contribution is 5.53. The molecule has 1 saturated heterocycles. The first kappa shape index (κ1) is 14.9. The number of likely N-dealkylation sites (tertiary alicyclic amines) is 1. The van der Waals surface area contributed by atoms with Crippen LogP contribution in [0.2, 0.25) is 0 Å². The van der Waals surface area contributed by atoms with E-state index < -0.39 is 0 Å². The third kappa shape index (κ3) is 5.94. The van der Waals surface area contributed by atoms with E-state index in [4.69, 9.17) is 5.73 Å². The van der Waals surface area contributed by atoms with Crippen LogP contribution in [0.1, 0.15) is 24.8 Å². The molecule has 3 heteroatoms. The summed E-state index contributed by atoms with van der Waals surface area (Å²) in [6.07, 6.45) is 4.66. The minimum atomic E-state index is 0.299. The van der Waals surface area contributed by atoms with Crippen molar-refractivity contribution >= 4 is 6.29 Å². The second kappa shape index (κ2) is 8.84. The molecule has 0 bridgehead atoms. The van der Waals surface area contributed by atoms with E-state index in [-0.39, 0.29) is 0 Å². The fourth-order valence-corrected chi connectivity index (χ4v) is 2.10. The van der Waals surface area contributed by atoms with Gasteiger partial charge in [-0.2, -0.15) is 0 Å². The third-order valence-corrected chi connectivity index (χ3v) is 3.18. The Morgan fingerprint density at radius 2 is 2.06 bits per heavy atom. The molecule has 0 amide bonds. The normalized spacial score (nSPS) is 20.4. The molecule has 0 unspecified atom stereocenters. The van der Waals surface area contributed by atoms with E-state index in [1.165, 1.54) is 18.4 Å². The van der Waals surface area contributed by atoms with Crippen LogP contribution in [0.15, 0.2) is 30.3 Å². The summed E-state index contributed by atoms with van der Waals surface area (Å²) in [6.45, 7) is 2.76. The third-order valence-electron chi connectivity index (χ3n) is 3.18. The van der Waals surface area contributed by atoms with Crippen LogP contribution in [-0.4, -0.2) is 31.3 Å². The van der Waals surface area contributed by atoms with Crippen LogP contribution in [0.3, 0.4) is 0 Å². The van der Waals surface area contributed by atoms with Gasteiger partial charge in [-0.1, -0.05) is 36.8 Å². The summed E-state index contributed by atoms with van der Waals surface area (Å²) < 4.78 is 0. The molecule has 100 valence electrons. The minimum absolute atomic E-state index is 0.299. The zero-order valence-electron chi connectivity index (χ0n) is 11.2. The Labute approximate surface area is 110 Å². The number of hydrogen-bond donors (Lipinski definition) is 1. The molecule has 0 aromatic heterocycles. The lowest BCUT2D eigenvalue weighted by Crippen LogP contribution is -2.24. The number of carbonyl (C=O) groups is 1. The maximum absolute atomic E-state index is 10.4. The van der Waals surface area contributed by atoms with Crippen molar-refractivity contribution in [2.24, 2.45) is 11.7 Å².